The van der Waals surface area contributed by atoms with Crippen LogP contribution < -0.4 is 10.1 Å². The molecule has 3 rings (SSSR count). The highest BCUT2D eigenvalue weighted by atomic mass is 19.4. The highest BCUT2D eigenvalue weighted by Gasteiger charge is 2.30. The molecular formula is C19H18F3NO3. The molecule has 1 heterocycles. The molecule has 0 aromatic heterocycles. The van der Waals surface area contributed by atoms with Crippen molar-refractivity contribution in [1.82, 2.24) is 0 Å². The Morgan fingerprint density at radius 1 is 1.19 bits per heavy atom. The van der Waals surface area contributed by atoms with Gasteiger partial charge >= 0.3 is 6.18 Å². The third-order valence-corrected chi connectivity index (χ3v) is 4.02. The summed E-state index contributed by atoms with van der Waals surface area (Å²) in [6, 6.07) is 10.9. The van der Waals surface area contributed by atoms with E-state index >= 15 is 0 Å². The van der Waals surface area contributed by atoms with Crippen molar-refractivity contribution in [2.45, 2.75) is 25.1 Å². The molecule has 2 aromatic carbocycles. The number of hydrogen-bond donors (Lipinski definition) is 1. The second-order valence-electron chi connectivity index (χ2n) is 6.00. The van der Waals surface area contributed by atoms with Gasteiger partial charge in [-0.05, 0) is 55.3 Å². The third-order valence-electron chi connectivity index (χ3n) is 4.02. The Morgan fingerprint density at radius 3 is 2.62 bits per heavy atom. The summed E-state index contributed by atoms with van der Waals surface area (Å²) in [7, 11) is 0. The van der Waals surface area contributed by atoms with Gasteiger partial charge in [0, 0.05) is 17.9 Å². The van der Waals surface area contributed by atoms with Crippen molar-refractivity contribution in [1.29, 1.82) is 0 Å². The van der Waals surface area contributed by atoms with Crippen LogP contribution in [0.1, 0.15) is 28.8 Å². The van der Waals surface area contributed by atoms with E-state index < -0.39 is 17.6 Å². The maximum absolute atomic E-state index is 12.7. The molecule has 0 spiro atoms. The van der Waals surface area contributed by atoms with Crippen LogP contribution in [-0.4, -0.2) is 25.2 Å². The van der Waals surface area contributed by atoms with E-state index in [9.17, 15) is 18.0 Å². The zero-order valence-corrected chi connectivity index (χ0v) is 13.9. The second-order valence-corrected chi connectivity index (χ2v) is 6.00. The highest BCUT2D eigenvalue weighted by molar-refractivity contribution is 6.04. The SMILES string of the molecule is O=C(Nc1cccc(C(F)(F)F)c1)c1ccc(OCC2CCCO2)cc1. The number of benzene rings is 2. The lowest BCUT2D eigenvalue weighted by Gasteiger charge is -2.12. The molecule has 1 unspecified atom stereocenters. The van der Waals surface area contributed by atoms with Gasteiger partial charge in [-0.1, -0.05) is 6.07 Å². The van der Waals surface area contributed by atoms with Gasteiger partial charge in [0.25, 0.3) is 5.91 Å². The van der Waals surface area contributed by atoms with Gasteiger partial charge in [-0.25, -0.2) is 0 Å². The number of anilines is 1. The molecule has 1 saturated heterocycles. The number of hydrogen-bond acceptors (Lipinski definition) is 3. The summed E-state index contributed by atoms with van der Waals surface area (Å²) in [5.74, 6) is 0.117. The van der Waals surface area contributed by atoms with E-state index in [-0.39, 0.29) is 11.8 Å². The third kappa shape index (κ3) is 4.76. The van der Waals surface area contributed by atoms with Crippen LogP contribution in [0, 0.1) is 0 Å². The van der Waals surface area contributed by atoms with Gasteiger partial charge < -0.3 is 14.8 Å². The van der Waals surface area contributed by atoms with Gasteiger partial charge in [0.05, 0.1) is 11.7 Å². The maximum Gasteiger partial charge on any atom is 0.416 e. The van der Waals surface area contributed by atoms with Crippen LogP contribution in [-0.2, 0) is 10.9 Å². The Kier molecular flexibility index (Phi) is 5.46. The Morgan fingerprint density at radius 2 is 1.96 bits per heavy atom. The zero-order valence-electron chi connectivity index (χ0n) is 13.9. The summed E-state index contributed by atoms with van der Waals surface area (Å²) < 4.78 is 49.2. The number of ether oxygens (including phenoxy) is 2. The molecule has 7 heteroatoms. The minimum absolute atomic E-state index is 0.0866. The predicted molar refractivity (Wildman–Crippen MR) is 90.3 cm³/mol. The molecule has 0 radical (unpaired) electrons. The number of halogens is 3. The van der Waals surface area contributed by atoms with Gasteiger partial charge in [-0.3, -0.25) is 4.79 Å². The van der Waals surface area contributed by atoms with Crippen LogP contribution in [0.4, 0.5) is 18.9 Å². The van der Waals surface area contributed by atoms with Crippen LogP contribution in [0.3, 0.4) is 0 Å². The molecule has 1 aliphatic heterocycles. The fourth-order valence-corrected chi connectivity index (χ4v) is 2.64. The van der Waals surface area contributed by atoms with E-state index in [1.807, 2.05) is 0 Å². The summed E-state index contributed by atoms with van der Waals surface area (Å²) in [5, 5.41) is 2.47. The van der Waals surface area contributed by atoms with Crippen LogP contribution in [0.15, 0.2) is 48.5 Å². The number of carbonyl (C=O) groups is 1. The Bertz CT molecular complexity index is 753. The molecule has 1 amide bonds. The van der Waals surface area contributed by atoms with Gasteiger partial charge in [0.15, 0.2) is 0 Å². The molecule has 0 saturated carbocycles. The Labute approximate surface area is 148 Å². The molecule has 138 valence electrons. The number of amides is 1. The van der Waals surface area contributed by atoms with Crippen molar-refractivity contribution in [3.63, 3.8) is 0 Å². The first kappa shape index (κ1) is 18.3. The van der Waals surface area contributed by atoms with E-state index in [0.29, 0.717) is 17.9 Å². The van der Waals surface area contributed by atoms with Gasteiger partial charge in [-0.2, -0.15) is 13.2 Å². The highest BCUT2D eigenvalue weighted by Crippen LogP contribution is 2.30. The monoisotopic (exact) mass is 365 g/mol. The van der Waals surface area contributed by atoms with Crippen molar-refractivity contribution < 1.29 is 27.4 Å². The van der Waals surface area contributed by atoms with E-state index in [4.69, 9.17) is 9.47 Å². The van der Waals surface area contributed by atoms with E-state index in [1.54, 1.807) is 24.3 Å². The summed E-state index contributed by atoms with van der Waals surface area (Å²) in [4.78, 5) is 12.2. The number of nitrogens with one attached hydrogen (secondary N) is 1. The smallest absolute Gasteiger partial charge is 0.416 e. The van der Waals surface area contributed by atoms with Gasteiger partial charge in [0.2, 0.25) is 0 Å². The number of rotatable bonds is 5. The van der Waals surface area contributed by atoms with Crippen molar-refractivity contribution in [3.05, 3.63) is 59.7 Å². The Hall–Kier alpha value is -2.54. The largest absolute Gasteiger partial charge is 0.491 e. The molecule has 1 aliphatic rings. The fourth-order valence-electron chi connectivity index (χ4n) is 2.64. The summed E-state index contributed by atoms with van der Waals surface area (Å²) >= 11 is 0. The fraction of sp³-hybridized carbons (Fsp3) is 0.316. The molecule has 0 bridgehead atoms. The summed E-state index contributed by atoms with van der Waals surface area (Å²) in [5.41, 5.74) is -0.399. The van der Waals surface area contributed by atoms with Gasteiger partial charge in [-0.15, -0.1) is 0 Å². The first-order chi connectivity index (χ1) is 12.4. The van der Waals surface area contributed by atoms with Crippen molar-refractivity contribution in [2.75, 3.05) is 18.5 Å². The van der Waals surface area contributed by atoms with E-state index in [2.05, 4.69) is 5.32 Å². The summed E-state index contributed by atoms with van der Waals surface area (Å²) in [6.07, 6.45) is -2.36. The molecule has 1 fully saturated rings. The first-order valence-corrected chi connectivity index (χ1v) is 8.25. The average molecular weight is 365 g/mol. The van der Waals surface area contributed by atoms with Crippen LogP contribution in [0.5, 0.6) is 5.75 Å². The van der Waals surface area contributed by atoms with Crippen LogP contribution >= 0.6 is 0 Å². The molecule has 0 aliphatic carbocycles. The van der Waals surface area contributed by atoms with E-state index in [1.165, 1.54) is 12.1 Å². The lowest BCUT2D eigenvalue weighted by atomic mass is 10.1. The Balaban J connectivity index is 1.59. The lowest BCUT2D eigenvalue weighted by molar-refractivity contribution is -0.137. The van der Waals surface area contributed by atoms with Crippen molar-refractivity contribution in [2.24, 2.45) is 0 Å². The minimum Gasteiger partial charge on any atom is -0.491 e. The normalized spacial score (nSPS) is 17.1. The maximum atomic E-state index is 12.7. The number of alkyl halides is 3. The topological polar surface area (TPSA) is 47.6 Å². The molecule has 26 heavy (non-hydrogen) atoms. The lowest BCUT2D eigenvalue weighted by Crippen LogP contribution is -2.16. The minimum atomic E-state index is -4.46. The van der Waals surface area contributed by atoms with Crippen molar-refractivity contribution >= 4 is 11.6 Å². The standard InChI is InChI=1S/C19H18F3NO3/c20-19(21,22)14-3-1-4-15(11-14)23-18(24)13-6-8-16(9-7-13)26-12-17-5-2-10-25-17/h1,3-4,6-9,11,17H,2,5,10,12H2,(H,23,24). The molecular weight excluding hydrogens is 347 g/mol. The molecule has 1 atom stereocenters. The summed E-state index contributed by atoms with van der Waals surface area (Å²) in [6.45, 7) is 1.21. The van der Waals surface area contributed by atoms with Crippen LogP contribution in [0.25, 0.3) is 0 Å². The van der Waals surface area contributed by atoms with E-state index in [0.717, 1.165) is 31.6 Å². The number of carbonyl (C=O) groups excluding carboxylic acids is 1. The molecule has 2 aromatic rings. The second kappa shape index (κ2) is 7.78. The predicted octanol–water partition coefficient (Wildman–Crippen LogP) is 4.52. The first-order valence-electron chi connectivity index (χ1n) is 8.25. The molecule has 4 nitrogen and oxygen atoms in total. The average Bonchev–Trinajstić information content (AvgIpc) is 3.13. The zero-order chi connectivity index (χ0) is 18.6. The van der Waals surface area contributed by atoms with Crippen molar-refractivity contribution in [3.8, 4) is 5.75 Å². The molecule has 1 N–H and O–H groups in total. The quantitative estimate of drug-likeness (QED) is 0.848. The van der Waals surface area contributed by atoms with Gasteiger partial charge in [0.1, 0.15) is 12.4 Å². The van der Waals surface area contributed by atoms with Crippen LogP contribution in [0.2, 0.25) is 0 Å².